The number of rotatable bonds is 30. The van der Waals surface area contributed by atoms with Gasteiger partial charge in [0.15, 0.2) is 5.79 Å². The summed E-state index contributed by atoms with van der Waals surface area (Å²) in [6.45, 7) is 6.74. The molecule has 0 radical (unpaired) electrons. The molecule has 3 atom stereocenters. The van der Waals surface area contributed by atoms with Crippen LogP contribution in [0.1, 0.15) is 206 Å². The molecule has 3 fully saturated rings. The lowest BCUT2D eigenvalue weighted by molar-refractivity contribution is -0.174. The zero-order valence-electron chi connectivity index (χ0n) is 33.7. The number of likely N-dealkylation sites (tertiary alicyclic amines) is 1. The molecule has 0 aromatic rings. The van der Waals surface area contributed by atoms with Crippen molar-refractivity contribution in [2.24, 2.45) is 5.41 Å². The summed E-state index contributed by atoms with van der Waals surface area (Å²) in [5.74, 6) is -0.281. The zero-order chi connectivity index (χ0) is 35.4. The quantitative estimate of drug-likeness (QED) is 0.0552. The Morgan fingerprint density at radius 2 is 0.960 bits per heavy atom. The van der Waals surface area contributed by atoms with Crippen LogP contribution in [-0.4, -0.2) is 43.0 Å². The molecule has 3 rings (SSSR count). The average molecular weight is 694 g/mol. The summed E-state index contributed by atoms with van der Waals surface area (Å²) in [5, 5.41) is 0. The first-order chi connectivity index (χ1) is 24.6. The minimum absolute atomic E-state index is 0.281. The molecule has 288 valence electrons. The highest BCUT2D eigenvalue weighted by Gasteiger charge is 2.56. The number of unbranched alkanes of at least 4 members (excludes halogenated alkanes) is 18. The maximum absolute atomic E-state index is 6.82. The van der Waals surface area contributed by atoms with Crippen LogP contribution in [0.5, 0.6) is 0 Å². The van der Waals surface area contributed by atoms with Gasteiger partial charge in [0, 0.05) is 25.9 Å². The number of hydrogen-bond acceptors (Lipinski definition) is 3. The zero-order valence-corrected chi connectivity index (χ0v) is 33.7. The number of allylic oxidation sites excluding steroid dienone is 8. The first-order valence-electron chi connectivity index (χ1n) is 22.2. The van der Waals surface area contributed by atoms with Gasteiger partial charge in [-0.15, -0.1) is 0 Å². The number of likely N-dealkylation sites (N-methyl/N-ethyl adjacent to an activating group) is 1. The van der Waals surface area contributed by atoms with E-state index in [0.717, 1.165) is 45.2 Å². The van der Waals surface area contributed by atoms with E-state index in [2.05, 4.69) is 74.4 Å². The number of fused-ring (bicyclic) bond motifs is 1. The topological polar surface area (TPSA) is 21.7 Å². The van der Waals surface area contributed by atoms with E-state index >= 15 is 0 Å². The Morgan fingerprint density at radius 3 is 1.46 bits per heavy atom. The van der Waals surface area contributed by atoms with Gasteiger partial charge in [-0.05, 0) is 102 Å². The van der Waals surface area contributed by atoms with Crippen LogP contribution in [-0.2, 0) is 9.47 Å². The fourth-order valence-electron chi connectivity index (χ4n) is 8.81. The summed E-state index contributed by atoms with van der Waals surface area (Å²) in [7, 11) is 2.24. The highest BCUT2D eigenvalue weighted by molar-refractivity contribution is 5.01. The number of nitrogens with zero attached hydrogens (tertiary/aromatic N) is 1. The van der Waals surface area contributed by atoms with Gasteiger partial charge in [-0.2, -0.15) is 0 Å². The molecule has 1 saturated carbocycles. The second-order valence-corrected chi connectivity index (χ2v) is 16.6. The summed E-state index contributed by atoms with van der Waals surface area (Å²) in [5.41, 5.74) is 0.434. The number of hydrogen-bond donors (Lipinski definition) is 0. The van der Waals surface area contributed by atoms with Crippen molar-refractivity contribution in [2.75, 3.05) is 20.1 Å². The summed E-state index contributed by atoms with van der Waals surface area (Å²) >= 11 is 0. The lowest BCUT2D eigenvalue weighted by Crippen LogP contribution is -2.43. The predicted octanol–water partition coefficient (Wildman–Crippen LogP) is 14.4. The Kier molecular flexibility index (Phi) is 23.7. The first-order valence-corrected chi connectivity index (χ1v) is 22.2. The van der Waals surface area contributed by atoms with E-state index in [1.807, 2.05) is 0 Å². The minimum atomic E-state index is -0.281. The largest absolute Gasteiger partial charge is 0.344 e. The van der Waals surface area contributed by atoms with Crippen LogP contribution in [0.15, 0.2) is 48.6 Å². The Bertz CT molecular complexity index is 887. The number of ether oxygens (including phenoxy) is 2. The van der Waals surface area contributed by atoms with Gasteiger partial charge in [0.05, 0.1) is 12.2 Å². The average Bonchev–Trinajstić information content (AvgIpc) is 3.65. The Balaban J connectivity index is 1.28. The fraction of sp³-hybridized carbons (Fsp3) is 0.830. The van der Waals surface area contributed by atoms with Crippen LogP contribution in [0.25, 0.3) is 0 Å². The van der Waals surface area contributed by atoms with E-state index in [0.29, 0.717) is 11.5 Å². The van der Waals surface area contributed by atoms with Crippen LogP contribution in [0.2, 0.25) is 0 Å². The van der Waals surface area contributed by atoms with Gasteiger partial charge in [0.1, 0.15) is 0 Å². The molecule has 0 N–H and O–H groups in total. The monoisotopic (exact) mass is 694 g/mol. The summed E-state index contributed by atoms with van der Waals surface area (Å²) in [6.07, 6.45) is 59.0. The molecule has 3 nitrogen and oxygen atoms in total. The third-order valence-electron chi connectivity index (χ3n) is 11.9. The molecule has 3 aliphatic rings. The molecule has 2 aliphatic heterocycles. The maximum Gasteiger partial charge on any atom is 0.169 e. The van der Waals surface area contributed by atoms with Crippen molar-refractivity contribution in [3.05, 3.63) is 48.6 Å². The Morgan fingerprint density at radius 1 is 0.520 bits per heavy atom. The standard InChI is InChI=1S/C47H83NO2/c1-4-6-8-10-12-14-16-18-20-22-24-26-28-30-32-34-37-46(39-40-47(43-46)49-44-36-41-48(3)42-45(44)50-47)38-35-33-31-29-27-25-23-21-19-17-15-13-11-9-7-5-2/h12-15,18-21,44-45H,4-11,16-17,22-43H2,1-3H3/b14-12-,15-13-,20-18-,21-19-/t44-,45-,47?/m1/s1. The number of piperidine rings is 1. The molecular weight excluding hydrogens is 611 g/mol. The maximum atomic E-state index is 6.82. The van der Waals surface area contributed by atoms with Crippen LogP contribution < -0.4 is 0 Å². The van der Waals surface area contributed by atoms with Crippen molar-refractivity contribution < 1.29 is 9.47 Å². The third kappa shape index (κ3) is 18.6. The SMILES string of the molecule is CCCCC/C=C\C/C=C\CCCCCCCCC1(CCCCCCCC/C=C\C/C=C\CCCCC)CCC2(C1)O[C@@H]1CCN(C)C[C@H]1O2. The predicted molar refractivity (Wildman–Crippen MR) is 219 cm³/mol. The molecule has 0 amide bonds. The molecule has 1 spiro atoms. The van der Waals surface area contributed by atoms with Crippen LogP contribution in [0.4, 0.5) is 0 Å². The van der Waals surface area contributed by atoms with E-state index in [-0.39, 0.29) is 11.9 Å². The normalized spacial score (nSPS) is 24.0. The van der Waals surface area contributed by atoms with Crippen molar-refractivity contribution in [2.45, 2.75) is 224 Å². The summed E-state index contributed by atoms with van der Waals surface area (Å²) < 4.78 is 13.6. The molecule has 0 aromatic carbocycles. The molecule has 2 heterocycles. The summed E-state index contributed by atoms with van der Waals surface area (Å²) in [4.78, 5) is 2.43. The first kappa shape index (κ1) is 43.2. The molecule has 2 saturated heterocycles. The molecule has 0 aromatic heterocycles. The highest BCUT2D eigenvalue weighted by Crippen LogP contribution is 2.56. The summed E-state index contributed by atoms with van der Waals surface area (Å²) in [6, 6.07) is 0. The van der Waals surface area contributed by atoms with E-state index < -0.39 is 0 Å². The van der Waals surface area contributed by atoms with Gasteiger partial charge in [0.25, 0.3) is 0 Å². The van der Waals surface area contributed by atoms with Crippen molar-refractivity contribution in [3.63, 3.8) is 0 Å². The van der Waals surface area contributed by atoms with Crippen LogP contribution >= 0.6 is 0 Å². The molecule has 50 heavy (non-hydrogen) atoms. The van der Waals surface area contributed by atoms with Gasteiger partial charge in [-0.25, -0.2) is 0 Å². The van der Waals surface area contributed by atoms with Gasteiger partial charge in [-0.1, -0.05) is 152 Å². The minimum Gasteiger partial charge on any atom is -0.344 e. The highest BCUT2D eigenvalue weighted by atomic mass is 16.8. The second kappa shape index (κ2) is 27.4. The second-order valence-electron chi connectivity index (χ2n) is 16.6. The van der Waals surface area contributed by atoms with E-state index in [1.54, 1.807) is 0 Å². The van der Waals surface area contributed by atoms with E-state index in [1.165, 1.54) is 161 Å². The van der Waals surface area contributed by atoms with Crippen LogP contribution in [0, 0.1) is 5.41 Å². The molecule has 0 bridgehead atoms. The van der Waals surface area contributed by atoms with Crippen molar-refractivity contribution in [3.8, 4) is 0 Å². The van der Waals surface area contributed by atoms with E-state index in [4.69, 9.17) is 9.47 Å². The lowest BCUT2D eigenvalue weighted by atomic mass is 9.76. The van der Waals surface area contributed by atoms with Crippen LogP contribution in [0.3, 0.4) is 0 Å². The Hall–Kier alpha value is -1.16. The third-order valence-corrected chi connectivity index (χ3v) is 11.9. The van der Waals surface area contributed by atoms with Gasteiger partial charge in [0.2, 0.25) is 0 Å². The lowest BCUT2D eigenvalue weighted by Gasteiger charge is -2.32. The molecule has 1 unspecified atom stereocenters. The van der Waals surface area contributed by atoms with E-state index in [9.17, 15) is 0 Å². The van der Waals surface area contributed by atoms with Gasteiger partial charge < -0.3 is 14.4 Å². The van der Waals surface area contributed by atoms with Crippen molar-refractivity contribution in [1.82, 2.24) is 4.90 Å². The Labute approximate surface area is 312 Å². The molecule has 3 heteroatoms. The van der Waals surface area contributed by atoms with Crippen molar-refractivity contribution >= 4 is 0 Å². The smallest absolute Gasteiger partial charge is 0.169 e. The van der Waals surface area contributed by atoms with Gasteiger partial charge >= 0.3 is 0 Å². The molecule has 1 aliphatic carbocycles. The fourth-order valence-corrected chi connectivity index (χ4v) is 8.81. The molecular formula is C47H83NO2. The van der Waals surface area contributed by atoms with Crippen molar-refractivity contribution in [1.29, 1.82) is 0 Å². The van der Waals surface area contributed by atoms with Gasteiger partial charge in [-0.3, -0.25) is 0 Å².